The number of alkyl halides is 2. The van der Waals surface area contributed by atoms with Crippen molar-refractivity contribution in [2.45, 2.75) is 44.1 Å². The van der Waals surface area contributed by atoms with Crippen LogP contribution >= 0.6 is 0 Å². The normalized spacial score (nSPS) is 16.4. The number of anilines is 1. The molecule has 34 heavy (non-hydrogen) atoms. The van der Waals surface area contributed by atoms with Crippen molar-refractivity contribution in [2.75, 3.05) is 5.32 Å². The molecular formula is C23H19F2N7O2. The van der Waals surface area contributed by atoms with Crippen molar-refractivity contribution in [2.24, 2.45) is 0 Å². The SMILES string of the molecule is O=C1Nc2cc(-c3cn(Cc4ccc(-c5nnc(C(F)F)o5)cn4)nn3)ccc2C12CCCC2. The average Bonchev–Trinajstić information content (AvgIpc) is 3.63. The molecule has 0 radical (unpaired) electrons. The van der Waals surface area contributed by atoms with Gasteiger partial charge >= 0.3 is 6.43 Å². The Labute approximate surface area is 192 Å². The number of nitrogens with one attached hydrogen (secondary N) is 1. The first-order valence-corrected chi connectivity index (χ1v) is 11.0. The standard InChI is InChI=1S/C23H19F2N7O2/c24-19(25)21-30-29-20(34-21)14-3-5-15(26-10-14)11-32-12-18(28-31-32)13-4-6-16-17(9-13)27-22(33)23(16)7-1-2-8-23/h3-6,9-10,12,19H,1-2,7-8,11H2,(H,27,33). The van der Waals surface area contributed by atoms with E-state index in [1.165, 1.54) is 6.20 Å². The Morgan fingerprint density at radius 1 is 1.09 bits per heavy atom. The first-order chi connectivity index (χ1) is 16.5. The summed E-state index contributed by atoms with van der Waals surface area (Å²) in [4.78, 5) is 17.0. The van der Waals surface area contributed by atoms with Crippen LogP contribution in [-0.2, 0) is 16.8 Å². The molecule has 1 amide bonds. The number of rotatable bonds is 5. The van der Waals surface area contributed by atoms with Crippen LogP contribution in [0.2, 0.25) is 0 Å². The van der Waals surface area contributed by atoms with Crippen LogP contribution in [0, 0.1) is 0 Å². The Kier molecular flexibility index (Phi) is 4.71. The number of nitrogens with zero attached hydrogens (tertiary/aromatic N) is 6. The monoisotopic (exact) mass is 463 g/mol. The van der Waals surface area contributed by atoms with Crippen LogP contribution in [-0.4, -0.2) is 36.1 Å². The Morgan fingerprint density at radius 3 is 2.65 bits per heavy atom. The minimum Gasteiger partial charge on any atom is -0.415 e. The number of amides is 1. The molecular weight excluding hydrogens is 444 g/mol. The third-order valence-electron chi connectivity index (χ3n) is 6.53. The van der Waals surface area contributed by atoms with Crippen molar-refractivity contribution in [1.29, 1.82) is 0 Å². The Hall–Kier alpha value is -4.02. The summed E-state index contributed by atoms with van der Waals surface area (Å²) in [5, 5.41) is 18.4. The van der Waals surface area contributed by atoms with Gasteiger partial charge in [-0.25, -0.2) is 4.68 Å². The second kappa shape index (κ2) is 7.79. The highest BCUT2D eigenvalue weighted by Gasteiger charge is 2.48. The maximum absolute atomic E-state index is 12.7. The molecule has 1 spiro atoms. The quantitative estimate of drug-likeness (QED) is 0.473. The number of carbonyl (C=O) groups excluding carboxylic acids is 1. The van der Waals surface area contributed by atoms with Crippen molar-refractivity contribution in [3.63, 3.8) is 0 Å². The number of aromatic nitrogens is 6. The number of pyridine rings is 1. The second-order valence-corrected chi connectivity index (χ2v) is 8.59. The smallest absolute Gasteiger partial charge is 0.314 e. The Bertz CT molecular complexity index is 1370. The molecule has 1 fully saturated rings. The van der Waals surface area contributed by atoms with E-state index >= 15 is 0 Å². The summed E-state index contributed by atoms with van der Waals surface area (Å²) in [6.45, 7) is 0.365. The molecule has 1 aliphatic carbocycles. The highest BCUT2D eigenvalue weighted by molar-refractivity contribution is 6.07. The van der Waals surface area contributed by atoms with Gasteiger partial charge in [0.1, 0.15) is 5.69 Å². The molecule has 0 saturated heterocycles. The summed E-state index contributed by atoms with van der Waals surface area (Å²) in [5.74, 6) is -0.638. The number of halogens is 2. The van der Waals surface area contributed by atoms with Gasteiger partial charge in [0.05, 0.1) is 29.4 Å². The van der Waals surface area contributed by atoms with Gasteiger partial charge in [0.25, 0.3) is 5.89 Å². The number of carbonyl (C=O) groups is 1. The van der Waals surface area contributed by atoms with Gasteiger partial charge in [0.2, 0.25) is 11.8 Å². The third kappa shape index (κ3) is 3.35. The molecule has 0 bridgehead atoms. The fourth-order valence-corrected chi connectivity index (χ4v) is 4.82. The van der Waals surface area contributed by atoms with Gasteiger partial charge in [-0.2, -0.15) is 8.78 Å². The number of benzene rings is 1. The second-order valence-electron chi connectivity index (χ2n) is 8.59. The van der Waals surface area contributed by atoms with Crippen LogP contribution in [0.5, 0.6) is 0 Å². The molecule has 1 aliphatic heterocycles. The lowest BCUT2D eigenvalue weighted by molar-refractivity contribution is -0.120. The van der Waals surface area contributed by atoms with E-state index in [1.54, 1.807) is 16.8 Å². The van der Waals surface area contributed by atoms with Gasteiger partial charge in [0.15, 0.2) is 0 Å². The molecule has 0 unspecified atom stereocenters. The van der Waals surface area contributed by atoms with Crippen LogP contribution in [0.3, 0.4) is 0 Å². The zero-order chi connectivity index (χ0) is 23.3. The van der Waals surface area contributed by atoms with Crippen LogP contribution in [0.4, 0.5) is 14.5 Å². The summed E-state index contributed by atoms with van der Waals surface area (Å²) in [6, 6.07) is 9.38. The first kappa shape index (κ1) is 20.6. The fourth-order valence-electron chi connectivity index (χ4n) is 4.82. The van der Waals surface area contributed by atoms with E-state index in [-0.39, 0.29) is 17.2 Å². The van der Waals surface area contributed by atoms with Gasteiger partial charge in [0, 0.05) is 17.4 Å². The third-order valence-corrected chi connectivity index (χ3v) is 6.53. The molecule has 4 heterocycles. The lowest BCUT2D eigenvalue weighted by Gasteiger charge is -2.20. The van der Waals surface area contributed by atoms with Crippen molar-refractivity contribution in [3.8, 4) is 22.7 Å². The summed E-state index contributed by atoms with van der Waals surface area (Å²) < 4.78 is 31.9. The van der Waals surface area contributed by atoms with Gasteiger partial charge < -0.3 is 9.73 Å². The largest absolute Gasteiger partial charge is 0.415 e. The van der Waals surface area contributed by atoms with E-state index in [0.29, 0.717) is 23.5 Å². The zero-order valence-electron chi connectivity index (χ0n) is 17.9. The fraction of sp³-hybridized carbons (Fsp3) is 0.304. The van der Waals surface area contributed by atoms with Crippen LogP contribution < -0.4 is 5.32 Å². The average molecular weight is 463 g/mol. The molecule has 2 aliphatic rings. The first-order valence-electron chi connectivity index (χ1n) is 11.0. The molecule has 1 saturated carbocycles. The molecule has 9 nitrogen and oxygen atoms in total. The molecule has 3 aromatic heterocycles. The van der Waals surface area contributed by atoms with E-state index in [0.717, 1.165) is 42.5 Å². The lowest BCUT2D eigenvalue weighted by atomic mass is 9.80. The minimum absolute atomic E-state index is 0.0134. The van der Waals surface area contributed by atoms with Gasteiger partial charge in [-0.05, 0) is 36.6 Å². The van der Waals surface area contributed by atoms with Crippen molar-refractivity contribution >= 4 is 11.6 Å². The summed E-state index contributed by atoms with van der Waals surface area (Å²) in [6.07, 6.45) is 4.41. The number of fused-ring (bicyclic) bond motifs is 2. The van der Waals surface area contributed by atoms with Crippen molar-refractivity contribution in [3.05, 3.63) is 59.9 Å². The van der Waals surface area contributed by atoms with E-state index in [2.05, 4.69) is 30.8 Å². The Balaban J connectivity index is 1.18. The van der Waals surface area contributed by atoms with Crippen LogP contribution in [0.25, 0.3) is 22.7 Å². The number of hydrogen-bond donors (Lipinski definition) is 1. The van der Waals surface area contributed by atoms with Crippen molar-refractivity contribution < 1.29 is 18.0 Å². The predicted octanol–water partition coefficient (Wildman–Crippen LogP) is 4.14. The Morgan fingerprint density at radius 2 is 1.91 bits per heavy atom. The minimum atomic E-state index is -2.82. The summed E-state index contributed by atoms with van der Waals surface area (Å²) >= 11 is 0. The van der Waals surface area contributed by atoms with E-state index in [1.807, 2.05) is 24.4 Å². The van der Waals surface area contributed by atoms with E-state index < -0.39 is 12.3 Å². The zero-order valence-corrected chi connectivity index (χ0v) is 17.9. The summed E-state index contributed by atoms with van der Waals surface area (Å²) in [7, 11) is 0. The van der Waals surface area contributed by atoms with Crippen LogP contribution in [0.1, 0.15) is 49.3 Å². The highest BCUT2D eigenvalue weighted by atomic mass is 19.3. The van der Waals surface area contributed by atoms with Crippen LogP contribution in [0.15, 0.2) is 47.1 Å². The highest BCUT2D eigenvalue weighted by Crippen LogP contribution is 2.49. The topological polar surface area (TPSA) is 112 Å². The van der Waals surface area contributed by atoms with E-state index in [4.69, 9.17) is 4.42 Å². The molecule has 0 atom stereocenters. The lowest BCUT2D eigenvalue weighted by Crippen LogP contribution is -2.30. The van der Waals surface area contributed by atoms with Gasteiger partial charge in [-0.3, -0.25) is 9.78 Å². The summed E-state index contributed by atoms with van der Waals surface area (Å²) in [5.41, 5.74) is 4.26. The van der Waals surface area contributed by atoms with Gasteiger partial charge in [-0.15, -0.1) is 15.3 Å². The molecule has 4 aromatic rings. The number of hydrogen-bond acceptors (Lipinski definition) is 7. The maximum atomic E-state index is 12.7. The molecule has 6 rings (SSSR count). The van der Waals surface area contributed by atoms with E-state index in [9.17, 15) is 13.6 Å². The molecule has 1 aromatic carbocycles. The maximum Gasteiger partial charge on any atom is 0.314 e. The molecule has 1 N–H and O–H groups in total. The predicted molar refractivity (Wildman–Crippen MR) is 116 cm³/mol. The van der Waals surface area contributed by atoms with Gasteiger partial charge in [-0.1, -0.05) is 30.2 Å². The molecule has 172 valence electrons. The molecule has 11 heteroatoms. The van der Waals surface area contributed by atoms with Crippen molar-refractivity contribution in [1.82, 2.24) is 30.2 Å².